The van der Waals surface area contributed by atoms with Crippen LogP contribution in [0.25, 0.3) is 0 Å². The minimum atomic E-state index is -0.210. The van der Waals surface area contributed by atoms with Gasteiger partial charge >= 0.3 is 0 Å². The van der Waals surface area contributed by atoms with Gasteiger partial charge in [0.25, 0.3) is 0 Å². The number of nitrogens with two attached hydrogens (primary N) is 1. The van der Waals surface area contributed by atoms with Crippen molar-refractivity contribution in [2.75, 3.05) is 12.4 Å². The number of hydrogen-bond donors (Lipinski definition) is 2. The molecule has 0 radical (unpaired) electrons. The fraction of sp³-hybridized carbons (Fsp3) is 0.316. The van der Waals surface area contributed by atoms with E-state index in [-0.39, 0.29) is 11.9 Å². The highest BCUT2D eigenvalue weighted by atomic mass is 16.5. The van der Waals surface area contributed by atoms with Crippen molar-refractivity contribution < 1.29 is 9.53 Å². The van der Waals surface area contributed by atoms with Gasteiger partial charge in [0.05, 0.1) is 13.2 Å². The van der Waals surface area contributed by atoms with Gasteiger partial charge in [-0.05, 0) is 47.2 Å². The zero-order valence-corrected chi connectivity index (χ0v) is 13.6. The van der Waals surface area contributed by atoms with Crippen LogP contribution < -0.4 is 15.8 Å². The summed E-state index contributed by atoms with van der Waals surface area (Å²) in [6, 6.07) is 11.9. The highest BCUT2D eigenvalue weighted by Crippen LogP contribution is 2.32. The summed E-state index contributed by atoms with van der Waals surface area (Å²) in [4.78, 5) is 11.7. The van der Waals surface area contributed by atoms with Crippen LogP contribution in [0, 0.1) is 0 Å². The van der Waals surface area contributed by atoms with Crippen molar-refractivity contribution in [1.82, 2.24) is 0 Å². The van der Waals surface area contributed by atoms with Gasteiger partial charge in [-0.15, -0.1) is 0 Å². The first-order chi connectivity index (χ1) is 11.1. The number of benzene rings is 2. The number of fused-ring (bicyclic) bond motifs is 1. The first kappa shape index (κ1) is 15.6. The number of carbonyl (C=O) groups excluding carboxylic acids is 1. The largest absolute Gasteiger partial charge is 0.497 e. The molecule has 2 aromatic carbocycles. The fourth-order valence-electron chi connectivity index (χ4n) is 3.09. The van der Waals surface area contributed by atoms with E-state index in [0.717, 1.165) is 41.0 Å². The maximum Gasteiger partial charge on any atom is 0.224 e. The summed E-state index contributed by atoms with van der Waals surface area (Å²) in [5.41, 5.74) is 11.9. The Morgan fingerprint density at radius 3 is 2.78 bits per heavy atom. The number of anilines is 1. The monoisotopic (exact) mass is 310 g/mol. The van der Waals surface area contributed by atoms with Crippen LogP contribution in [0.15, 0.2) is 36.4 Å². The molecule has 1 amide bonds. The third-order valence-corrected chi connectivity index (χ3v) is 4.40. The van der Waals surface area contributed by atoms with Gasteiger partial charge in [-0.25, -0.2) is 0 Å². The van der Waals surface area contributed by atoms with Gasteiger partial charge in [-0.2, -0.15) is 0 Å². The molecule has 3 rings (SSSR count). The van der Waals surface area contributed by atoms with E-state index in [4.69, 9.17) is 10.5 Å². The average molecular weight is 310 g/mol. The molecular weight excluding hydrogens is 288 g/mol. The highest BCUT2D eigenvalue weighted by Gasteiger charge is 2.20. The molecule has 0 spiro atoms. The second-order valence-electron chi connectivity index (χ2n) is 5.87. The molecule has 0 saturated carbocycles. The molecule has 1 aliphatic rings. The molecule has 23 heavy (non-hydrogen) atoms. The van der Waals surface area contributed by atoms with Gasteiger partial charge in [0.15, 0.2) is 0 Å². The van der Waals surface area contributed by atoms with Gasteiger partial charge in [0.1, 0.15) is 5.75 Å². The minimum Gasteiger partial charge on any atom is -0.497 e. The number of carbonyl (C=O) groups is 1. The summed E-state index contributed by atoms with van der Waals surface area (Å²) in [5.74, 6) is 0.899. The maximum absolute atomic E-state index is 11.7. The van der Waals surface area contributed by atoms with E-state index >= 15 is 0 Å². The van der Waals surface area contributed by atoms with Gasteiger partial charge < -0.3 is 15.8 Å². The topological polar surface area (TPSA) is 64.3 Å². The van der Waals surface area contributed by atoms with E-state index in [1.165, 1.54) is 5.56 Å². The fourth-order valence-corrected chi connectivity index (χ4v) is 3.09. The molecule has 2 aromatic rings. The summed E-state index contributed by atoms with van der Waals surface area (Å²) < 4.78 is 5.29. The van der Waals surface area contributed by atoms with E-state index < -0.39 is 0 Å². The predicted octanol–water partition coefficient (Wildman–Crippen LogP) is 3.19. The Morgan fingerprint density at radius 2 is 2.04 bits per heavy atom. The first-order valence-electron chi connectivity index (χ1n) is 7.97. The van der Waals surface area contributed by atoms with E-state index in [0.29, 0.717) is 6.42 Å². The molecule has 120 valence electrons. The van der Waals surface area contributed by atoms with Crippen molar-refractivity contribution >= 4 is 11.6 Å². The molecule has 0 aromatic heterocycles. The van der Waals surface area contributed by atoms with Crippen LogP contribution in [0.1, 0.15) is 41.6 Å². The number of rotatable bonds is 4. The third-order valence-electron chi connectivity index (χ3n) is 4.40. The zero-order chi connectivity index (χ0) is 16.4. The lowest BCUT2D eigenvalue weighted by atomic mass is 9.90. The molecule has 0 saturated heterocycles. The van der Waals surface area contributed by atoms with Crippen molar-refractivity contribution in [1.29, 1.82) is 0 Å². The summed E-state index contributed by atoms with van der Waals surface area (Å²) in [6.07, 6.45) is 2.17. The Kier molecular flexibility index (Phi) is 4.35. The van der Waals surface area contributed by atoms with E-state index in [9.17, 15) is 4.79 Å². The molecular formula is C19H22N2O2. The Bertz CT molecular complexity index is 723. The Morgan fingerprint density at radius 1 is 1.22 bits per heavy atom. The Balaban J connectivity index is 2.00. The van der Waals surface area contributed by atoms with E-state index in [1.807, 2.05) is 24.3 Å². The second kappa shape index (κ2) is 6.42. The average Bonchev–Trinajstić information content (AvgIpc) is 2.60. The molecule has 1 atom stereocenters. The molecule has 4 heteroatoms. The van der Waals surface area contributed by atoms with Gasteiger partial charge in [-0.3, -0.25) is 4.79 Å². The quantitative estimate of drug-likeness (QED) is 0.911. The normalized spacial score (nSPS) is 14.8. The van der Waals surface area contributed by atoms with Crippen molar-refractivity contribution in [2.45, 2.75) is 32.2 Å². The molecule has 1 heterocycles. The van der Waals surface area contributed by atoms with Crippen LogP contribution in [-0.4, -0.2) is 13.0 Å². The molecule has 1 unspecified atom stereocenters. The number of nitrogens with one attached hydrogen (secondary N) is 1. The van der Waals surface area contributed by atoms with Crippen LogP contribution in [0.4, 0.5) is 5.69 Å². The van der Waals surface area contributed by atoms with E-state index in [2.05, 4.69) is 24.4 Å². The lowest BCUT2D eigenvalue weighted by Crippen LogP contribution is -2.22. The first-order valence-corrected chi connectivity index (χ1v) is 7.97. The zero-order valence-electron chi connectivity index (χ0n) is 13.6. The van der Waals surface area contributed by atoms with Crippen LogP contribution >= 0.6 is 0 Å². The SMILES string of the molecule is CCc1cc(C(N)c2cccc(OC)c2)cc2c1NC(=O)CC2. The summed E-state index contributed by atoms with van der Waals surface area (Å²) in [7, 11) is 1.65. The van der Waals surface area contributed by atoms with Crippen molar-refractivity contribution in [3.05, 3.63) is 58.7 Å². The van der Waals surface area contributed by atoms with Gasteiger partial charge in [0.2, 0.25) is 5.91 Å². The highest BCUT2D eigenvalue weighted by molar-refractivity contribution is 5.95. The smallest absolute Gasteiger partial charge is 0.224 e. The minimum absolute atomic E-state index is 0.0945. The summed E-state index contributed by atoms with van der Waals surface area (Å²) in [6.45, 7) is 2.09. The van der Waals surface area contributed by atoms with E-state index in [1.54, 1.807) is 7.11 Å². The van der Waals surface area contributed by atoms with Crippen molar-refractivity contribution in [2.24, 2.45) is 5.73 Å². The molecule has 3 N–H and O–H groups in total. The number of methoxy groups -OCH3 is 1. The Labute approximate surface area is 136 Å². The summed E-state index contributed by atoms with van der Waals surface area (Å²) >= 11 is 0. The van der Waals surface area contributed by atoms with Crippen LogP contribution in [0.3, 0.4) is 0 Å². The number of hydrogen-bond acceptors (Lipinski definition) is 3. The molecule has 0 bridgehead atoms. The molecule has 0 aliphatic carbocycles. The maximum atomic E-state index is 11.7. The standard InChI is InChI=1S/C19H22N2O2/c1-3-12-9-15(10-14-7-8-17(22)21-19(12)14)18(20)13-5-4-6-16(11-13)23-2/h4-6,9-11,18H,3,7-8,20H2,1-2H3,(H,21,22). The third kappa shape index (κ3) is 3.08. The van der Waals surface area contributed by atoms with Crippen LogP contribution in [0.5, 0.6) is 5.75 Å². The van der Waals surface area contributed by atoms with Crippen molar-refractivity contribution in [3.63, 3.8) is 0 Å². The predicted molar refractivity (Wildman–Crippen MR) is 91.8 cm³/mol. The van der Waals surface area contributed by atoms with Crippen LogP contribution in [-0.2, 0) is 17.6 Å². The lowest BCUT2D eigenvalue weighted by Gasteiger charge is -2.23. The number of aryl methyl sites for hydroxylation is 2. The summed E-state index contributed by atoms with van der Waals surface area (Å²) in [5, 5.41) is 3.00. The van der Waals surface area contributed by atoms with Gasteiger partial charge in [0, 0.05) is 12.1 Å². The Hall–Kier alpha value is -2.33. The van der Waals surface area contributed by atoms with Crippen LogP contribution in [0.2, 0.25) is 0 Å². The second-order valence-corrected chi connectivity index (χ2v) is 5.87. The number of ether oxygens (including phenoxy) is 1. The molecule has 0 fully saturated rings. The molecule has 4 nitrogen and oxygen atoms in total. The molecule has 1 aliphatic heterocycles. The number of amides is 1. The van der Waals surface area contributed by atoms with Gasteiger partial charge in [-0.1, -0.05) is 31.2 Å². The lowest BCUT2D eigenvalue weighted by molar-refractivity contribution is -0.116. The van der Waals surface area contributed by atoms with Crippen molar-refractivity contribution in [3.8, 4) is 5.75 Å².